The van der Waals surface area contributed by atoms with Crippen LogP contribution in [0.15, 0.2) is 47.4 Å². The predicted octanol–water partition coefficient (Wildman–Crippen LogP) is 2.58. The maximum atomic E-state index is 13.1. The number of nitro benzene ring substituents is 1. The second-order valence-corrected chi connectivity index (χ2v) is 7.55. The van der Waals surface area contributed by atoms with Crippen LogP contribution in [0.3, 0.4) is 0 Å². The molecule has 0 fully saturated rings. The SMILES string of the molecule is COC(=O)CN(c1cc(C)cc(C)c1)S(=O)(=O)c1cccc([N+](=O)[O-])c1. The first-order valence-electron chi connectivity index (χ1n) is 7.57. The van der Waals surface area contributed by atoms with Crippen molar-refractivity contribution in [2.45, 2.75) is 18.7 Å². The number of carbonyl (C=O) groups is 1. The van der Waals surface area contributed by atoms with Gasteiger partial charge in [-0.2, -0.15) is 0 Å². The molecule has 0 heterocycles. The Bertz CT molecular complexity index is 935. The smallest absolute Gasteiger partial charge is 0.326 e. The lowest BCUT2D eigenvalue weighted by molar-refractivity contribution is -0.385. The number of nitrogens with zero attached hydrogens (tertiary/aromatic N) is 2. The van der Waals surface area contributed by atoms with Crippen LogP contribution < -0.4 is 4.31 Å². The summed E-state index contributed by atoms with van der Waals surface area (Å²) >= 11 is 0. The summed E-state index contributed by atoms with van der Waals surface area (Å²) in [6.07, 6.45) is 0. The molecule has 0 N–H and O–H groups in total. The monoisotopic (exact) mass is 378 g/mol. The molecule has 8 nitrogen and oxygen atoms in total. The number of methoxy groups -OCH3 is 1. The van der Waals surface area contributed by atoms with Crippen molar-refractivity contribution in [1.82, 2.24) is 0 Å². The molecule has 0 unspecified atom stereocenters. The number of esters is 1. The number of hydrogen-bond donors (Lipinski definition) is 0. The van der Waals surface area contributed by atoms with Crippen LogP contribution in [0.1, 0.15) is 11.1 Å². The maximum absolute atomic E-state index is 13.1. The summed E-state index contributed by atoms with van der Waals surface area (Å²) in [4.78, 5) is 21.8. The van der Waals surface area contributed by atoms with Crippen molar-refractivity contribution < 1.29 is 22.9 Å². The van der Waals surface area contributed by atoms with E-state index in [1.54, 1.807) is 26.0 Å². The van der Waals surface area contributed by atoms with Gasteiger partial charge in [-0.15, -0.1) is 0 Å². The molecule has 26 heavy (non-hydrogen) atoms. The average Bonchev–Trinajstić information content (AvgIpc) is 2.58. The van der Waals surface area contributed by atoms with E-state index < -0.39 is 27.5 Å². The van der Waals surface area contributed by atoms with Gasteiger partial charge in [0.25, 0.3) is 15.7 Å². The zero-order valence-corrected chi connectivity index (χ0v) is 15.3. The largest absolute Gasteiger partial charge is 0.468 e. The first-order valence-corrected chi connectivity index (χ1v) is 9.01. The quantitative estimate of drug-likeness (QED) is 0.434. The molecule has 0 radical (unpaired) electrons. The fourth-order valence-corrected chi connectivity index (χ4v) is 3.91. The second kappa shape index (κ2) is 7.52. The number of anilines is 1. The lowest BCUT2D eigenvalue weighted by atomic mass is 10.1. The van der Waals surface area contributed by atoms with Crippen molar-refractivity contribution >= 4 is 27.4 Å². The van der Waals surface area contributed by atoms with Gasteiger partial charge in [-0.1, -0.05) is 12.1 Å². The minimum absolute atomic E-state index is 0.277. The van der Waals surface area contributed by atoms with E-state index in [4.69, 9.17) is 0 Å². The van der Waals surface area contributed by atoms with Gasteiger partial charge < -0.3 is 4.74 Å². The lowest BCUT2D eigenvalue weighted by Gasteiger charge is -2.24. The summed E-state index contributed by atoms with van der Waals surface area (Å²) in [6.45, 7) is 3.05. The average molecular weight is 378 g/mol. The number of hydrogen-bond acceptors (Lipinski definition) is 6. The molecule has 0 aliphatic rings. The fraction of sp³-hybridized carbons (Fsp3) is 0.235. The molecule has 0 amide bonds. The highest BCUT2D eigenvalue weighted by Crippen LogP contribution is 2.27. The van der Waals surface area contributed by atoms with Gasteiger partial charge >= 0.3 is 5.97 Å². The molecule has 0 spiro atoms. The summed E-state index contributed by atoms with van der Waals surface area (Å²) in [5.41, 5.74) is 1.54. The van der Waals surface area contributed by atoms with E-state index in [1.807, 2.05) is 6.07 Å². The van der Waals surface area contributed by atoms with E-state index in [-0.39, 0.29) is 16.3 Å². The van der Waals surface area contributed by atoms with Crippen LogP contribution in [0.5, 0.6) is 0 Å². The third-order valence-corrected chi connectivity index (χ3v) is 5.38. The minimum Gasteiger partial charge on any atom is -0.468 e. The number of ether oxygens (including phenoxy) is 1. The molecule has 0 bridgehead atoms. The maximum Gasteiger partial charge on any atom is 0.326 e. The third kappa shape index (κ3) is 4.17. The van der Waals surface area contributed by atoms with Crippen molar-refractivity contribution in [2.24, 2.45) is 0 Å². The van der Waals surface area contributed by atoms with Crippen LogP contribution in [-0.2, 0) is 19.6 Å². The molecule has 0 aliphatic carbocycles. The molecule has 0 aromatic heterocycles. The van der Waals surface area contributed by atoms with Gasteiger partial charge in [-0.25, -0.2) is 8.42 Å². The number of non-ortho nitro benzene ring substituents is 1. The normalized spacial score (nSPS) is 11.0. The minimum atomic E-state index is -4.22. The number of aryl methyl sites for hydroxylation is 2. The van der Waals surface area contributed by atoms with E-state index in [0.29, 0.717) is 0 Å². The summed E-state index contributed by atoms with van der Waals surface area (Å²) < 4.78 is 31.6. The van der Waals surface area contributed by atoms with Crippen molar-refractivity contribution in [3.63, 3.8) is 0 Å². The molecular weight excluding hydrogens is 360 g/mol. The molecule has 2 aromatic carbocycles. The Labute approximate surface area is 151 Å². The van der Waals surface area contributed by atoms with Gasteiger partial charge in [0, 0.05) is 12.1 Å². The summed E-state index contributed by atoms with van der Waals surface area (Å²) in [7, 11) is -3.07. The first kappa shape index (κ1) is 19.4. The van der Waals surface area contributed by atoms with Gasteiger partial charge in [0.15, 0.2) is 0 Å². The Balaban J connectivity index is 2.61. The van der Waals surface area contributed by atoms with Crippen molar-refractivity contribution in [2.75, 3.05) is 18.0 Å². The third-order valence-electron chi connectivity index (χ3n) is 3.61. The lowest BCUT2D eigenvalue weighted by Crippen LogP contribution is -2.36. The highest BCUT2D eigenvalue weighted by atomic mass is 32.2. The van der Waals surface area contributed by atoms with Gasteiger partial charge in [-0.3, -0.25) is 19.2 Å². The number of rotatable bonds is 6. The Morgan fingerprint density at radius 2 is 1.77 bits per heavy atom. The van der Waals surface area contributed by atoms with Crippen molar-refractivity contribution in [1.29, 1.82) is 0 Å². The standard InChI is InChI=1S/C17H18N2O6S/c1-12-7-13(2)9-15(8-12)18(11-17(20)25-3)26(23,24)16-6-4-5-14(10-16)19(21)22/h4-10H,11H2,1-3H3. The van der Waals surface area contributed by atoms with E-state index in [2.05, 4.69) is 4.74 Å². The van der Waals surface area contributed by atoms with E-state index in [9.17, 15) is 23.3 Å². The predicted molar refractivity (Wildman–Crippen MR) is 95.6 cm³/mol. The van der Waals surface area contributed by atoms with Crippen molar-refractivity contribution in [3.8, 4) is 0 Å². The van der Waals surface area contributed by atoms with Crippen LogP contribution in [0.25, 0.3) is 0 Å². The summed E-state index contributed by atoms with van der Waals surface area (Å²) in [5.74, 6) is -0.752. The zero-order chi connectivity index (χ0) is 19.5. The molecule has 9 heteroatoms. The highest BCUT2D eigenvalue weighted by Gasteiger charge is 2.29. The topological polar surface area (TPSA) is 107 Å². The Hall–Kier alpha value is -2.94. The molecule has 138 valence electrons. The summed E-state index contributed by atoms with van der Waals surface area (Å²) in [5, 5.41) is 11.0. The number of nitro groups is 1. The highest BCUT2D eigenvalue weighted by molar-refractivity contribution is 7.92. The molecule has 0 atom stereocenters. The number of benzene rings is 2. The van der Waals surface area contributed by atoms with Gasteiger partial charge in [0.1, 0.15) is 6.54 Å². The van der Waals surface area contributed by atoms with Gasteiger partial charge in [0.05, 0.1) is 22.6 Å². The van der Waals surface area contributed by atoms with E-state index in [1.165, 1.54) is 18.2 Å². The number of sulfonamides is 1. The van der Waals surface area contributed by atoms with Crippen LogP contribution >= 0.6 is 0 Å². The molecule has 0 saturated heterocycles. The van der Waals surface area contributed by atoms with E-state index >= 15 is 0 Å². The van der Waals surface area contributed by atoms with E-state index in [0.717, 1.165) is 28.6 Å². The molecular formula is C17H18N2O6S. The fourth-order valence-electron chi connectivity index (χ4n) is 2.48. The van der Waals surface area contributed by atoms with Crippen LogP contribution in [0.2, 0.25) is 0 Å². The molecule has 2 rings (SSSR count). The first-order chi connectivity index (χ1) is 12.1. The van der Waals surface area contributed by atoms with Gasteiger partial charge in [-0.05, 0) is 43.2 Å². The second-order valence-electron chi connectivity index (χ2n) is 5.69. The van der Waals surface area contributed by atoms with Crippen LogP contribution in [-0.4, -0.2) is 33.0 Å². The number of carbonyl (C=O) groups excluding carboxylic acids is 1. The van der Waals surface area contributed by atoms with Crippen LogP contribution in [0.4, 0.5) is 11.4 Å². The summed E-state index contributed by atoms with van der Waals surface area (Å²) in [6, 6.07) is 9.77. The molecule has 0 saturated carbocycles. The Kier molecular flexibility index (Phi) is 5.61. The Morgan fingerprint density at radius 1 is 1.15 bits per heavy atom. The molecule has 2 aromatic rings. The van der Waals surface area contributed by atoms with Gasteiger partial charge in [0.2, 0.25) is 0 Å². The molecule has 0 aliphatic heterocycles. The van der Waals surface area contributed by atoms with Crippen molar-refractivity contribution in [3.05, 3.63) is 63.7 Å². The van der Waals surface area contributed by atoms with Crippen LogP contribution in [0, 0.1) is 24.0 Å². The Morgan fingerprint density at radius 3 is 2.31 bits per heavy atom. The zero-order valence-electron chi connectivity index (χ0n) is 14.5.